The van der Waals surface area contributed by atoms with Gasteiger partial charge < -0.3 is 4.74 Å². The second-order valence-corrected chi connectivity index (χ2v) is 2.49. The lowest BCUT2D eigenvalue weighted by molar-refractivity contribution is -0.153. The molecule has 11 heavy (non-hydrogen) atoms. The maximum atomic E-state index is 10.8. The van der Waals surface area contributed by atoms with Crippen molar-refractivity contribution < 1.29 is 14.3 Å². The van der Waals surface area contributed by atoms with Gasteiger partial charge in [0.2, 0.25) is 0 Å². The lowest BCUT2D eigenvalue weighted by atomic mass is 10.3. The van der Waals surface area contributed by atoms with Gasteiger partial charge >= 0.3 is 5.97 Å². The molecular weight excluding hydrogens is 144 g/mol. The lowest BCUT2D eigenvalue weighted by Gasteiger charge is -2.08. The molecule has 0 heterocycles. The molecule has 0 rings (SSSR count). The van der Waals surface area contributed by atoms with Gasteiger partial charge in [0.05, 0.1) is 0 Å². The highest BCUT2D eigenvalue weighted by molar-refractivity contribution is 5.83. The van der Waals surface area contributed by atoms with Gasteiger partial charge in [0.25, 0.3) is 0 Å². The van der Waals surface area contributed by atoms with Crippen LogP contribution in [0.3, 0.4) is 0 Å². The van der Waals surface area contributed by atoms with E-state index in [1.165, 1.54) is 6.92 Å². The van der Waals surface area contributed by atoms with E-state index in [-0.39, 0.29) is 11.8 Å². The van der Waals surface area contributed by atoms with Gasteiger partial charge in [-0.1, -0.05) is 6.92 Å². The van der Waals surface area contributed by atoms with Crippen molar-refractivity contribution >= 4 is 11.8 Å². The number of hydrogen-bond acceptors (Lipinski definition) is 3. The topological polar surface area (TPSA) is 43.4 Å². The summed E-state index contributed by atoms with van der Waals surface area (Å²) < 4.78 is 4.76. The van der Waals surface area contributed by atoms with E-state index in [0.29, 0.717) is 6.42 Å². The Labute approximate surface area is 66.7 Å². The van der Waals surface area contributed by atoms with Gasteiger partial charge in [0.15, 0.2) is 11.9 Å². The average molecular weight is 158 g/mol. The van der Waals surface area contributed by atoms with Gasteiger partial charge in [0, 0.05) is 6.42 Å². The zero-order valence-corrected chi connectivity index (χ0v) is 7.22. The minimum atomic E-state index is -0.589. The summed E-state index contributed by atoms with van der Waals surface area (Å²) in [6.45, 7) is 4.87. The molecule has 3 heteroatoms. The van der Waals surface area contributed by atoms with Crippen molar-refractivity contribution in [3.63, 3.8) is 0 Å². The molecule has 64 valence electrons. The van der Waals surface area contributed by atoms with Crippen LogP contribution in [0.5, 0.6) is 0 Å². The Balaban J connectivity index is 3.66. The van der Waals surface area contributed by atoms with Gasteiger partial charge in [0.1, 0.15) is 0 Å². The van der Waals surface area contributed by atoms with Crippen molar-refractivity contribution in [3.8, 4) is 0 Å². The molecule has 0 bridgehead atoms. The van der Waals surface area contributed by atoms with Gasteiger partial charge in [-0.05, 0) is 20.3 Å². The molecule has 0 aromatic carbocycles. The van der Waals surface area contributed by atoms with Crippen molar-refractivity contribution in [3.05, 3.63) is 0 Å². The molecule has 1 unspecified atom stereocenters. The molecule has 0 aliphatic heterocycles. The summed E-state index contributed by atoms with van der Waals surface area (Å²) in [7, 11) is 0. The van der Waals surface area contributed by atoms with E-state index in [2.05, 4.69) is 0 Å². The summed E-state index contributed by atoms with van der Waals surface area (Å²) in [5, 5.41) is 0. The summed E-state index contributed by atoms with van der Waals surface area (Å²) in [6, 6.07) is 0. The first-order valence-electron chi connectivity index (χ1n) is 3.77. The Morgan fingerprint density at radius 2 is 2.00 bits per heavy atom. The molecule has 0 spiro atoms. The highest BCUT2D eigenvalue weighted by atomic mass is 16.5. The van der Waals surface area contributed by atoms with Crippen LogP contribution in [0.15, 0.2) is 0 Å². The zero-order valence-electron chi connectivity index (χ0n) is 7.22. The maximum absolute atomic E-state index is 10.8. The third-order valence-corrected chi connectivity index (χ3v) is 1.33. The molecule has 0 radical (unpaired) electrons. The Morgan fingerprint density at radius 1 is 1.45 bits per heavy atom. The van der Waals surface area contributed by atoms with E-state index < -0.39 is 6.10 Å². The van der Waals surface area contributed by atoms with E-state index >= 15 is 0 Å². The van der Waals surface area contributed by atoms with Crippen LogP contribution >= 0.6 is 0 Å². The summed E-state index contributed by atoms with van der Waals surface area (Å²) in [5.74, 6) is -0.412. The fourth-order valence-electron chi connectivity index (χ4n) is 0.543. The van der Waals surface area contributed by atoms with Crippen molar-refractivity contribution in [2.24, 2.45) is 0 Å². The van der Waals surface area contributed by atoms with Crippen LogP contribution in [0.4, 0.5) is 0 Å². The Bertz CT molecular complexity index is 151. The minimum absolute atomic E-state index is 0.116. The van der Waals surface area contributed by atoms with Crippen LogP contribution in [0, 0.1) is 0 Å². The number of ether oxygens (including phenoxy) is 1. The molecule has 0 aromatic rings. The third-order valence-electron chi connectivity index (χ3n) is 1.33. The van der Waals surface area contributed by atoms with Crippen molar-refractivity contribution in [2.45, 2.75) is 39.7 Å². The monoisotopic (exact) mass is 158 g/mol. The number of hydrogen-bond donors (Lipinski definition) is 0. The fourth-order valence-corrected chi connectivity index (χ4v) is 0.543. The molecule has 0 fully saturated rings. The Morgan fingerprint density at radius 3 is 2.36 bits per heavy atom. The molecule has 0 aliphatic carbocycles. The average Bonchev–Trinajstić information content (AvgIpc) is 1.87. The van der Waals surface area contributed by atoms with Crippen LogP contribution in [0.1, 0.15) is 33.6 Å². The number of rotatable bonds is 4. The van der Waals surface area contributed by atoms with Crippen LogP contribution in [0.2, 0.25) is 0 Å². The molecule has 0 saturated carbocycles. The fraction of sp³-hybridized carbons (Fsp3) is 0.750. The first-order valence-corrected chi connectivity index (χ1v) is 3.77. The highest BCUT2D eigenvalue weighted by Gasteiger charge is 2.11. The molecule has 0 saturated heterocycles. The van der Waals surface area contributed by atoms with E-state index in [1.54, 1.807) is 6.92 Å². The van der Waals surface area contributed by atoms with E-state index in [0.717, 1.165) is 6.42 Å². The van der Waals surface area contributed by atoms with Gasteiger partial charge in [-0.25, -0.2) is 0 Å². The minimum Gasteiger partial charge on any atom is -0.455 e. The number of carbonyl (C=O) groups is 2. The molecule has 0 aromatic heterocycles. The number of ketones is 1. The zero-order chi connectivity index (χ0) is 8.85. The molecule has 0 aliphatic rings. The summed E-state index contributed by atoms with van der Waals surface area (Å²) in [4.78, 5) is 21.4. The molecular formula is C8H14O3. The molecule has 0 N–H and O–H groups in total. The quantitative estimate of drug-likeness (QED) is 0.579. The van der Waals surface area contributed by atoms with Crippen LogP contribution < -0.4 is 0 Å². The SMILES string of the molecule is CCCC(=O)OC(C)C(C)=O. The Kier molecular flexibility index (Phi) is 4.50. The highest BCUT2D eigenvalue weighted by Crippen LogP contribution is 1.97. The smallest absolute Gasteiger partial charge is 0.306 e. The molecule has 0 amide bonds. The van der Waals surface area contributed by atoms with Gasteiger partial charge in [-0.2, -0.15) is 0 Å². The normalized spacial score (nSPS) is 12.3. The van der Waals surface area contributed by atoms with E-state index in [4.69, 9.17) is 4.74 Å². The largest absolute Gasteiger partial charge is 0.455 e. The summed E-state index contributed by atoms with van der Waals surface area (Å²) >= 11 is 0. The van der Waals surface area contributed by atoms with Gasteiger partial charge in [-0.3, -0.25) is 9.59 Å². The lowest BCUT2D eigenvalue weighted by Crippen LogP contribution is -2.21. The maximum Gasteiger partial charge on any atom is 0.306 e. The first-order chi connectivity index (χ1) is 5.07. The first kappa shape index (κ1) is 10.1. The second-order valence-electron chi connectivity index (χ2n) is 2.49. The summed E-state index contributed by atoms with van der Waals surface area (Å²) in [5.41, 5.74) is 0. The van der Waals surface area contributed by atoms with Crippen molar-refractivity contribution in [2.75, 3.05) is 0 Å². The van der Waals surface area contributed by atoms with E-state index in [1.807, 2.05) is 6.92 Å². The molecule has 3 nitrogen and oxygen atoms in total. The summed E-state index contributed by atoms with van der Waals surface area (Å²) in [6.07, 6.45) is 0.551. The number of carbonyl (C=O) groups excluding carboxylic acids is 2. The molecule has 1 atom stereocenters. The van der Waals surface area contributed by atoms with Crippen molar-refractivity contribution in [1.29, 1.82) is 0 Å². The van der Waals surface area contributed by atoms with E-state index in [9.17, 15) is 9.59 Å². The number of Topliss-reactive ketones (excluding diaryl/α,β-unsaturated/α-hetero) is 1. The van der Waals surface area contributed by atoms with Crippen LogP contribution in [-0.4, -0.2) is 17.9 Å². The van der Waals surface area contributed by atoms with Gasteiger partial charge in [-0.15, -0.1) is 0 Å². The predicted molar refractivity (Wildman–Crippen MR) is 41.1 cm³/mol. The predicted octanol–water partition coefficient (Wildman–Crippen LogP) is 1.31. The third kappa shape index (κ3) is 4.53. The van der Waals surface area contributed by atoms with Crippen LogP contribution in [0.25, 0.3) is 0 Å². The second kappa shape index (κ2) is 4.88. The Hall–Kier alpha value is -0.860. The van der Waals surface area contributed by atoms with Crippen molar-refractivity contribution in [1.82, 2.24) is 0 Å². The number of esters is 1. The standard InChI is InChI=1S/C8H14O3/c1-4-5-8(10)11-7(3)6(2)9/h7H,4-5H2,1-3H3. The van der Waals surface area contributed by atoms with Crippen LogP contribution in [-0.2, 0) is 14.3 Å².